The Hall–Kier alpha value is -2.48. The van der Waals surface area contributed by atoms with E-state index in [1.165, 1.54) is 0 Å². The molecule has 4 heterocycles. The Morgan fingerprint density at radius 3 is 3.08 bits per heavy atom. The number of hydrogen-bond donors (Lipinski definition) is 1. The van der Waals surface area contributed by atoms with Crippen LogP contribution in [0.15, 0.2) is 23.5 Å². The molecule has 4 rings (SSSR count). The third kappa shape index (κ3) is 3.16. The molecule has 0 aliphatic carbocycles. The number of rotatable bonds is 3. The summed E-state index contributed by atoms with van der Waals surface area (Å²) in [5.74, 6) is -0.220. The zero-order valence-corrected chi connectivity index (χ0v) is 14.7. The highest BCUT2D eigenvalue weighted by Crippen LogP contribution is 2.35. The molecule has 2 saturated heterocycles. The second-order valence-corrected chi connectivity index (χ2v) is 7.15. The molecule has 1 N–H and O–H groups in total. The van der Waals surface area contributed by atoms with Crippen LogP contribution < -0.4 is 5.32 Å². The normalized spacial score (nSPS) is 27.5. The summed E-state index contributed by atoms with van der Waals surface area (Å²) in [6.07, 6.45) is 3.54. The number of oxime groups is 1. The highest BCUT2D eigenvalue weighted by Gasteiger charge is 2.48. The SMILES string of the molecule is Cc1ncccc1NC(=O)C1=NO[C@]2(CCN(C(=O)[C@@H]3CCOC3)C2)C1. The van der Waals surface area contributed by atoms with E-state index in [0.29, 0.717) is 50.5 Å². The number of nitrogens with one attached hydrogen (secondary N) is 1. The van der Waals surface area contributed by atoms with Crippen molar-refractivity contribution in [3.8, 4) is 0 Å². The maximum absolute atomic E-state index is 12.5. The first-order valence-electron chi connectivity index (χ1n) is 8.91. The largest absolute Gasteiger partial charge is 0.386 e. The Bertz CT molecular complexity index is 759. The quantitative estimate of drug-likeness (QED) is 0.874. The summed E-state index contributed by atoms with van der Waals surface area (Å²) in [4.78, 5) is 36.6. The second-order valence-electron chi connectivity index (χ2n) is 7.15. The Balaban J connectivity index is 1.36. The van der Waals surface area contributed by atoms with Crippen LogP contribution in [0.4, 0.5) is 5.69 Å². The highest BCUT2D eigenvalue weighted by atomic mass is 16.7. The lowest BCUT2D eigenvalue weighted by Crippen LogP contribution is -2.40. The van der Waals surface area contributed by atoms with Gasteiger partial charge in [-0.15, -0.1) is 0 Å². The third-order valence-corrected chi connectivity index (χ3v) is 5.26. The summed E-state index contributed by atoms with van der Waals surface area (Å²) in [5, 5.41) is 6.84. The molecule has 0 saturated carbocycles. The molecule has 26 heavy (non-hydrogen) atoms. The van der Waals surface area contributed by atoms with E-state index in [-0.39, 0.29) is 17.7 Å². The zero-order valence-electron chi connectivity index (χ0n) is 14.7. The fourth-order valence-electron chi connectivity index (χ4n) is 3.69. The topological polar surface area (TPSA) is 93.1 Å². The number of carbonyl (C=O) groups excluding carboxylic acids is 2. The minimum absolute atomic E-state index is 0.0520. The van der Waals surface area contributed by atoms with Crippen molar-refractivity contribution in [3.63, 3.8) is 0 Å². The summed E-state index contributed by atoms with van der Waals surface area (Å²) in [7, 11) is 0. The number of likely N-dealkylation sites (tertiary alicyclic amines) is 1. The summed E-state index contributed by atoms with van der Waals surface area (Å²) >= 11 is 0. The molecule has 1 spiro atoms. The first-order chi connectivity index (χ1) is 12.6. The Morgan fingerprint density at radius 1 is 1.42 bits per heavy atom. The summed E-state index contributed by atoms with van der Waals surface area (Å²) in [6.45, 7) is 4.07. The maximum Gasteiger partial charge on any atom is 0.273 e. The van der Waals surface area contributed by atoms with Gasteiger partial charge in [-0.25, -0.2) is 0 Å². The van der Waals surface area contributed by atoms with E-state index in [1.54, 1.807) is 18.3 Å². The number of hydrogen-bond acceptors (Lipinski definition) is 6. The Labute approximate surface area is 151 Å². The lowest BCUT2D eigenvalue weighted by atomic mass is 9.96. The summed E-state index contributed by atoms with van der Waals surface area (Å²) < 4.78 is 5.31. The number of nitrogens with zero attached hydrogens (tertiary/aromatic N) is 3. The van der Waals surface area contributed by atoms with Gasteiger partial charge in [-0.2, -0.15) is 0 Å². The average Bonchev–Trinajstić information content (AvgIpc) is 3.38. The molecular weight excluding hydrogens is 336 g/mol. The van der Waals surface area contributed by atoms with E-state index < -0.39 is 5.60 Å². The van der Waals surface area contributed by atoms with E-state index in [0.717, 1.165) is 12.1 Å². The van der Waals surface area contributed by atoms with Gasteiger partial charge < -0.3 is 19.8 Å². The Morgan fingerprint density at radius 2 is 2.31 bits per heavy atom. The average molecular weight is 358 g/mol. The third-order valence-electron chi connectivity index (χ3n) is 5.26. The fraction of sp³-hybridized carbons (Fsp3) is 0.556. The van der Waals surface area contributed by atoms with E-state index in [2.05, 4.69) is 15.5 Å². The van der Waals surface area contributed by atoms with Crippen LogP contribution in [0.1, 0.15) is 25.0 Å². The number of pyridine rings is 1. The van der Waals surface area contributed by atoms with Crippen LogP contribution in [0.5, 0.6) is 0 Å². The minimum atomic E-state index is -0.578. The molecule has 0 aromatic carbocycles. The molecule has 2 atom stereocenters. The molecular formula is C18H22N4O4. The van der Waals surface area contributed by atoms with Crippen LogP contribution in [0.3, 0.4) is 0 Å². The van der Waals surface area contributed by atoms with E-state index >= 15 is 0 Å². The molecule has 2 fully saturated rings. The molecule has 2 amide bonds. The minimum Gasteiger partial charge on any atom is -0.386 e. The number of aryl methyl sites for hydroxylation is 1. The van der Waals surface area contributed by atoms with Crippen molar-refractivity contribution >= 4 is 23.2 Å². The summed E-state index contributed by atoms with van der Waals surface area (Å²) in [6, 6.07) is 3.57. The number of amides is 2. The van der Waals surface area contributed by atoms with Crippen molar-refractivity contribution in [1.82, 2.24) is 9.88 Å². The van der Waals surface area contributed by atoms with E-state index in [4.69, 9.17) is 9.57 Å². The molecule has 0 unspecified atom stereocenters. The predicted octanol–water partition coefficient (Wildman–Crippen LogP) is 1.11. The molecule has 8 heteroatoms. The van der Waals surface area contributed by atoms with Gasteiger partial charge in [0.05, 0.1) is 30.5 Å². The van der Waals surface area contributed by atoms with Gasteiger partial charge in [0.1, 0.15) is 5.71 Å². The number of aromatic nitrogens is 1. The standard InChI is InChI=1S/C18H22N4O4/c1-12-14(3-2-6-19-12)20-16(23)15-9-18(26-21-15)5-7-22(11-18)17(24)13-4-8-25-10-13/h2-3,6,13H,4-5,7-11H2,1H3,(H,20,23)/t13-,18-/m1/s1. The van der Waals surface area contributed by atoms with Crippen LogP contribution in [0.25, 0.3) is 0 Å². The van der Waals surface area contributed by atoms with E-state index in [9.17, 15) is 9.59 Å². The zero-order chi connectivity index (χ0) is 18.1. The summed E-state index contributed by atoms with van der Waals surface area (Å²) in [5.41, 5.74) is 1.18. The molecule has 3 aliphatic rings. The van der Waals surface area contributed by atoms with Gasteiger partial charge in [-0.1, -0.05) is 5.16 Å². The van der Waals surface area contributed by atoms with Crippen molar-refractivity contribution in [3.05, 3.63) is 24.0 Å². The van der Waals surface area contributed by atoms with Crippen molar-refractivity contribution in [1.29, 1.82) is 0 Å². The highest BCUT2D eigenvalue weighted by molar-refractivity contribution is 6.43. The van der Waals surface area contributed by atoms with Crippen molar-refractivity contribution < 1.29 is 19.2 Å². The molecule has 3 aliphatic heterocycles. The van der Waals surface area contributed by atoms with Crippen LogP contribution in [0.2, 0.25) is 0 Å². The van der Waals surface area contributed by atoms with Crippen LogP contribution in [-0.4, -0.2) is 59.3 Å². The lowest BCUT2D eigenvalue weighted by Gasteiger charge is -2.23. The van der Waals surface area contributed by atoms with Crippen molar-refractivity contribution in [2.75, 3.05) is 31.6 Å². The van der Waals surface area contributed by atoms with Crippen LogP contribution in [-0.2, 0) is 19.2 Å². The first-order valence-corrected chi connectivity index (χ1v) is 8.91. The Kier molecular flexibility index (Phi) is 4.36. The van der Waals surface area contributed by atoms with E-state index in [1.807, 2.05) is 11.8 Å². The van der Waals surface area contributed by atoms with Gasteiger partial charge >= 0.3 is 0 Å². The molecule has 8 nitrogen and oxygen atoms in total. The van der Waals surface area contributed by atoms with Crippen LogP contribution >= 0.6 is 0 Å². The predicted molar refractivity (Wildman–Crippen MR) is 93.6 cm³/mol. The molecule has 0 radical (unpaired) electrons. The number of anilines is 1. The molecule has 1 aromatic heterocycles. The molecule has 0 bridgehead atoms. The number of carbonyl (C=O) groups is 2. The molecule has 1 aromatic rings. The fourth-order valence-corrected chi connectivity index (χ4v) is 3.69. The van der Waals surface area contributed by atoms with Crippen molar-refractivity contribution in [2.24, 2.45) is 11.1 Å². The van der Waals surface area contributed by atoms with Gasteiger partial charge in [-0.3, -0.25) is 14.6 Å². The second kappa shape index (κ2) is 6.68. The monoisotopic (exact) mass is 358 g/mol. The molecule has 138 valence electrons. The van der Waals surface area contributed by atoms with Crippen LogP contribution in [0, 0.1) is 12.8 Å². The van der Waals surface area contributed by atoms with Gasteiger partial charge in [-0.05, 0) is 25.5 Å². The van der Waals surface area contributed by atoms with Gasteiger partial charge in [0.2, 0.25) is 5.91 Å². The lowest BCUT2D eigenvalue weighted by molar-refractivity contribution is -0.135. The number of ether oxygens (including phenoxy) is 1. The van der Waals surface area contributed by atoms with Gasteiger partial charge in [0.15, 0.2) is 5.60 Å². The first kappa shape index (κ1) is 17.0. The maximum atomic E-state index is 12.5. The van der Waals surface area contributed by atoms with Gasteiger partial charge in [0.25, 0.3) is 5.91 Å². The van der Waals surface area contributed by atoms with Crippen molar-refractivity contribution in [2.45, 2.75) is 31.8 Å². The smallest absolute Gasteiger partial charge is 0.273 e. The van der Waals surface area contributed by atoms with Gasteiger partial charge in [0, 0.05) is 32.2 Å².